The molecule has 1 heterocycles. The first-order valence-electron chi connectivity index (χ1n) is 6.40. The fourth-order valence-corrected chi connectivity index (χ4v) is 2.34. The molecule has 3 unspecified atom stereocenters. The molecule has 1 aliphatic carbocycles. The summed E-state index contributed by atoms with van der Waals surface area (Å²) in [4.78, 5) is 15.3. The van der Waals surface area contributed by atoms with Crippen LogP contribution in [-0.4, -0.2) is 17.1 Å². The van der Waals surface area contributed by atoms with Crippen molar-refractivity contribution in [2.24, 2.45) is 11.8 Å². The highest BCUT2D eigenvalue weighted by Crippen LogP contribution is 2.31. The lowest BCUT2D eigenvalue weighted by Crippen LogP contribution is -2.29. The summed E-state index contributed by atoms with van der Waals surface area (Å²) in [5.74, 6) is 0.0422. The Kier molecular flexibility index (Phi) is 3.94. The van der Waals surface area contributed by atoms with E-state index in [4.69, 9.17) is 4.74 Å². The Hall–Kier alpha value is -1.45. The normalized spacial score (nSPS) is 27.8. The highest BCUT2D eigenvalue weighted by molar-refractivity contribution is 5.87. The number of nitrogens with zero attached hydrogens (tertiary/aromatic N) is 1. The molecule has 2 rings (SSSR count). The van der Waals surface area contributed by atoms with E-state index in [9.17, 15) is 9.18 Å². The Bertz CT molecular complexity index is 436. The summed E-state index contributed by atoms with van der Waals surface area (Å²) >= 11 is 0. The predicted octanol–water partition coefficient (Wildman–Crippen LogP) is 3.20. The molecule has 0 aromatic carbocycles. The van der Waals surface area contributed by atoms with Gasteiger partial charge in [-0.1, -0.05) is 19.9 Å². The van der Waals surface area contributed by atoms with Crippen LogP contribution in [0.4, 0.5) is 4.39 Å². The van der Waals surface area contributed by atoms with Crippen molar-refractivity contribution in [1.82, 2.24) is 4.98 Å². The van der Waals surface area contributed by atoms with E-state index in [1.54, 1.807) is 0 Å². The van der Waals surface area contributed by atoms with Crippen molar-refractivity contribution in [3.8, 4) is 0 Å². The molecule has 1 fully saturated rings. The molecule has 0 saturated heterocycles. The molecule has 1 saturated carbocycles. The molecule has 0 aliphatic heterocycles. The van der Waals surface area contributed by atoms with E-state index in [-0.39, 0.29) is 11.8 Å². The summed E-state index contributed by atoms with van der Waals surface area (Å²) in [6, 6.07) is 4.14. The lowest BCUT2D eigenvalue weighted by molar-refractivity contribution is 0.00807. The minimum Gasteiger partial charge on any atom is -0.458 e. The standard InChI is InChI=1S/C14H18FNO2/c1-9-6-7-11(8-10(9)2)18-14(17)12-4-3-5-13(15)16-12/h3-5,9-11H,6-8H2,1-2H3. The fraction of sp³-hybridized carbons (Fsp3) is 0.571. The van der Waals surface area contributed by atoms with Crippen molar-refractivity contribution in [3.05, 3.63) is 29.8 Å². The van der Waals surface area contributed by atoms with Crippen molar-refractivity contribution in [1.29, 1.82) is 0 Å². The molecule has 3 atom stereocenters. The Balaban J connectivity index is 1.96. The zero-order chi connectivity index (χ0) is 13.1. The second-order valence-corrected chi connectivity index (χ2v) is 5.14. The van der Waals surface area contributed by atoms with Gasteiger partial charge in [-0.15, -0.1) is 0 Å². The third-order valence-corrected chi connectivity index (χ3v) is 3.75. The van der Waals surface area contributed by atoms with E-state index < -0.39 is 11.9 Å². The van der Waals surface area contributed by atoms with Gasteiger partial charge in [0.25, 0.3) is 0 Å². The molecule has 0 amide bonds. The second-order valence-electron chi connectivity index (χ2n) is 5.14. The molecule has 1 aromatic heterocycles. The number of hydrogen-bond donors (Lipinski definition) is 0. The van der Waals surface area contributed by atoms with Crippen LogP contribution >= 0.6 is 0 Å². The molecule has 0 N–H and O–H groups in total. The van der Waals surface area contributed by atoms with E-state index in [2.05, 4.69) is 18.8 Å². The summed E-state index contributed by atoms with van der Waals surface area (Å²) in [7, 11) is 0. The molecule has 0 bridgehead atoms. The lowest BCUT2D eigenvalue weighted by atomic mass is 9.80. The average Bonchev–Trinajstić information content (AvgIpc) is 2.34. The molecule has 1 aromatic rings. The molecular formula is C14H18FNO2. The summed E-state index contributed by atoms with van der Waals surface area (Å²) in [5.41, 5.74) is 0.0428. The fourth-order valence-electron chi connectivity index (χ4n) is 2.34. The molecule has 18 heavy (non-hydrogen) atoms. The Morgan fingerprint density at radius 2 is 2.11 bits per heavy atom. The van der Waals surface area contributed by atoms with Crippen LogP contribution in [-0.2, 0) is 4.74 Å². The zero-order valence-electron chi connectivity index (χ0n) is 10.7. The van der Waals surface area contributed by atoms with Crippen LogP contribution in [0.1, 0.15) is 43.6 Å². The van der Waals surface area contributed by atoms with Crippen LogP contribution in [0, 0.1) is 17.8 Å². The molecule has 4 heteroatoms. The number of carbonyl (C=O) groups is 1. The van der Waals surface area contributed by atoms with Gasteiger partial charge in [-0.3, -0.25) is 0 Å². The highest BCUT2D eigenvalue weighted by atomic mass is 19.1. The van der Waals surface area contributed by atoms with E-state index in [1.807, 2.05) is 0 Å². The number of carbonyl (C=O) groups excluding carboxylic acids is 1. The van der Waals surface area contributed by atoms with E-state index in [0.29, 0.717) is 11.8 Å². The Labute approximate surface area is 106 Å². The first kappa shape index (κ1) is 13.0. The maximum absolute atomic E-state index is 12.9. The largest absolute Gasteiger partial charge is 0.458 e. The van der Waals surface area contributed by atoms with Crippen LogP contribution in [0.3, 0.4) is 0 Å². The van der Waals surface area contributed by atoms with E-state index >= 15 is 0 Å². The van der Waals surface area contributed by atoms with Gasteiger partial charge in [-0.25, -0.2) is 9.78 Å². The smallest absolute Gasteiger partial charge is 0.357 e. The first-order chi connectivity index (χ1) is 8.56. The summed E-state index contributed by atoms with van der Waals surface area (Å²) in [6.45, 7) is 4.39. The summed E-state index contributed by atoms with van der Waals surface area (Å²) in [5, 5.41) is 0. The van der Waals surface area contributed by atoms with Crippen molar-refractivity contribution in [2.45, 2.75) is 39.2 Å². The maximum atomic E-state index is 12.9. The first-order valence-corrected chi connectivity index (χ1v) is 6.40. The molecule has 0 spiro atoms. The molecule has 1 aliphatic rings. The maximum Gasteiger partial charge on any atom is 0.357 e. The van der Waals surface area contributed by atoms with Gasteiger partial charge < -0.3 is 4.74 Å². The number of rotatable bonds is 2. The predicted molar refractivity (Wildman–Crippen MR) is 65.6 cm³/mol. The van der Waals surface area contributed by atoms with Crippen molar-refractivity contribution >= 4 is 5.97 Å². The second kappa shape index (κ2) is 5.46. The van der Waals surface area contributed by atoms with Crippen molar-refractivity contribution in [3.63, 3.8) is 0 Å². The average molecular weight is 251 g/mol. The van der Waals surface area contributed by atoms with Gasteiger partial charge >= 0.3 is 5.97 Å². The molecule has 0 radical (unpaired) electrons. The minimum absolute atomic E-state index is 0.0428. The SMILES string of the molecule is CC1CCC(OC(=O)c2cccc(F)n2)CC1C. The quantitative estimate of drug-likeness (QED) is 0.598. The summed E-state index contributed by atoms with van der Waals surface area (Å²) < 4.78 is 18.3. The van der Waals surface area contributed by atoms with Crippen molar-refractivity contribution < 1.29 is 13.9 Å². The lowest BCUT2D eigenvalue weighted by Gasteiger charge is -2.31. The number of esters is 1. The van der Waals surface area contributed by atoms with Crippen LogP contribution in [0.5, 0.6) is 0 Å². The third kappa shape index (κ3) is 3.06. The van der Waals surface area contributed by atoms with Gasteiger partial charge in [0, 0.05) is 0 Å². The van der Waals surface area contributed by atoms with E-state index in [0.717, 1.165) is 19.3 Å². The number of halogens is 1. The molecule has 98 valence electrons. The van der Waals surface area contributed by atoms with Gasteiger partial charge in [0.2, 0.25) is 5.95 Å². The third-order valence-electron chi connectivity index (χ3n) is 3.75. The Morgan fingerprint density at radius 1 is 1.33 bits per heavy atom. The highest BCUT2D eigenvalue weighted by Gasteiger charge is 2.27. The van der Waals surface area contributed by atoms with Gasteiger partial charge in [0.15, 0.2) is 5.69 Å². The van der Waals surface area contributed by atoms with Crippen LogP contribution in [0.2, 0.25) is 0 Å². The van der Waals surface area contributed by atoms with Gasteiger partial charge in [0.05, 0.1) is 0 Å². The Morgan fingerprint density at radius 3 is 2.78 bits per heavy atom. The van der Waals surface area contributed by atoms with Gasteiger partial charge in [-0.2, -0.15) is 4.39 Å². The summed E-state index contributed by atoms with van der Waals surface area (Å²) in [6.07, 6.45) is 2.76. The van der Waals surface area contributed by atoms with Crippen LogP contribution < -0.4 is 0 Å². The topological polar surface area (TPSA) is 39.2 Å². The van der Waals surface area contributed by atoms with E-state index in [1.165, 1.54) is 18.2 Å². The zero-order valence-corrected chi connectivity index (χ0v) is 10.7. The van der Waals surface area contributed by atoms with Crippen LogP contribution in [0.15, 0.2) is 18.2 Å². The van der Waals surface area contributed by atoms with Gasteiger partial charge in [-0.05, 0) is 43.2 Å². The monoisotopic (exact) mass is 251 g/mol. The van der Waals surface area contributed by atoms with Crippen LogP contribution in [0.25, 0.3) is 0 Å². The van der Waals surface area contributed by atoms with Crippen molar-refractivity contribution in [2.75, 3.05) is 0 Å². The number of ether oxygens (including phenoxy) is 1. The van der Waals surface area contributed by atoms with Gasteiger partial charge in [0.1, 0.15) is 6.10 Å². The minimum atomic E-state index is -0.657. The number of pyridine rings is 1. The number of aromatic nitrogens is 1. The number of hydrogen-bond acceptors (Lipinski definition) is 3. The molecule has 3 nitrogen and oxygen atoms in total. The molecular weight excluding hydrogens is 233 g/mol.